The minimum absolute atomic E-state index is 0.0335. The molecular formula is C10H16O3. The van der Waals surface area contributed by atoms with Crippen LogP contribution in [0.2, 0.25) is 0 Å². The summed E-state index contributed by atoms with van der Waals surface area (Å²) >= 11 is 0. The van der Waals surface area contributed by atoms with Gasteiger partial charge in [0.15, 0.2) is 0 Å². The highest BCUT2D eigenvalue weighted by molar-refractivity contribution is 6.04. The molecule has 2 unspecified atom stereocenters. The maximum Gasteiger partial charge on any atom is 0.319 e. The Balaban J connectivity index is 2.80. The number of methoxy groups -OCH3 is 1. The lowest BCUT2D eigenvalue weighted by Gasteiger charge is -2.18. The largest absolute Gasteiger partial charge is 0.468 e. The van der Waals surface area contributed by atoms with Crippen molar-refractivity contribution in [3.63, 3.8) is 0 Å². The first kappa shape index (κ1) is 10.2. The number of hydrogen-bond donors (Lipinski definition) is 0. The standard InChI is InChI=1S/C10H16O3/c1-4-7-5-8(11)10(2,6-7)9(12)13-3/h7H,4-6H2,1-3H3. The maximum atomic E-state index is 11.6. The quantitative estimate of drug-likeness (QED) is 0.483. The van der Waals surface area contributed by atoms with Crippen molar-refractivity contribution in [2.24, 2.45) is 11.3 Å². The minimum atomic E-state index is -0.866. The Labute approximate surface area is 78.5 Å². The monoisotopic (exact) mass is 184 g/mol. The van der Waals surface area contributed by atoms with E-state index < -0.39 is 5.41 Å². The fraction of sp³-hybridized carbons (Fsp3) is 0.800. The zero-order valence-corrected chi connectivity index (χ0v) is 8.42. The Hall–Kier alpha value is -0.860. The maximum absolute atomic E-state index is 11.6. The van der Waals surface area contributed by atoms with Crippen LogP contribution in [0.1, 0.15) is 33.1 Å². The Bertz CT molecular complexity index is 234. The number of esters is 1. The second kappa shape index (κ2) is 3.48. The van der Waals surface area contributed by atoms with Gasteiger partial charge in [0.25, 0.3) is 0 Å². The first-order valence-electron chi connectivity index (χ1n) is 4.66. The van der Waals surface area contributed by atoms with Gasteiger partial charge in [0, 0.05) is 6.42 Å². The van der Waals surface area contributed by atoms with E-state index in [9.17, 15) is 9.59 Å². The van der Waals surface area contributed by atoms with Crippen LogP contribution < -0.4 is 0 Å². The number of rotatable bonds is 2. The molecule has 1 aliphatic rings. The summed E-state index contributed by atoms with van der Waals surface area (Å²) in [7, 11) is 1.33. The van der Waals surface area contributed by atoms with Crippen molar-refractivity contribution in [2.75, 3.05) is 7.11 Å². The summed E-state index contributed by atoms with van der Waals surface area (Å²) in [4.78, 5) is 22.9. The average Bonchev–Trinajstić information content (AvgIpc) is 2.42. The predicted molar refractivity (Wildman–Crippen MR) is 48.1 cm³/mol. The number of ketones is 1. The van der Waals surface area contributed by atoms with E-state index in [1.54, 1.807) is 6.92 Å². The van der Waals surface area contributed by atoms with Gasteiger partial charge in [0.2, 0.25) is 0 Å². The molecule has 0 spiro atoms. The van der Waals surface area contributed by atoms with E-state index in [-0.39, 0.29) is 11.8 Å². The summed E-state index contributed by atoms with van der Waals surface area (Å²) in [5, 5.41) is 0. The molecule has 1 saturated carbocycles. The molecule has 74 valence electrons. The molecule has 0 amide bonds. The van der Waals surface area contributed by atoms with Crippen molar-refractivity contribution >= 4 is 11.8 Å². The summed E-state index contributed by atoms with van der Waals surface area (Å²) in [6, 6.07) is 0. The molecule has 1 aliphatic carbocycles. The summed E-state index contributed by atoms with van der Waals surface area (Å²) in [6.07, 6.45) is 2.13. The van der Waals surface area contributed by atoms with Crippen molar-refractivity contribution in [2.45, 2.75) is 33.1 Å². The van der Waals surface area contributed by atoms with Crippen molar-refractivity contribution in [1.82, 2.24) is 0 Å². The molecule has 0 bridgehead atoms. The van der Waals surface area contributed by atoms with Gasteiger partial charge in [-0.1, -0.05) is 13.3 Å². The normalized spacial score (nSPS) is 33.5. The number of carbonyl (C=O) groups excluding carboxylic acids is 2. The lowest BCUT2D eigenvalue weighted by Crippen LogP contribution is -2.33. The molecule has 2 atom stereocenters. The number of carbonyl (C=O) groups is 2. The molecule has 0 heterocycles. The summed E-state index contributed by atoms with van der Waals surface area (Å²) in [6.45, 7) is 3.73. The first-order valence-corrected chi connectivity index (χ1v) is 4.66. The Morgan fingerprint density at radius 1 is 1.69 bits per heavy atom. The molecule has 3 nitrogen and oxygen atoms in total. The zero-order valence-electron chi connectivity index (χ0n) is 8.42. The first-order chi connectivity index (χ1) is 6.04. The molecule has 0 aliphatic heterocycles. The second-order valence-electron chi connectivity index (χ2n) is 3.93. The Kier molecular flexibility index (Phi) is 2.74. The van der Waals surface area contributed by atoms with E-state index in [4.69, 9.17) is 0 Å². The topological polar surface area (TPSA) is 43.4 Å². The summed E-state index contributed by atoms with van der Waals surface area (Å²) in [5.74, 6) is 0.0104. The highest BCUT2D eigenvalue weighted by Gasteiger charge is 2.48. The highest BCUT2D eigenvalue weighted by atomic mass is 16.5. The molecule has 0 aromatic heterocycles. The number of ether oxygens (including phenoxy) is 1. The van der Waals surface area contributed by atoms with Crippen LogP contribution in [-0.4, -0.2) is 18.9 Å². The number of hydrogen-bond acceptors (Lipinski definition) is 3. The SMILES string of the molecule is CCC1CC(=O)C(C)(C(=O)OC)C1. The van der Waals surface area contributed by atoms with Crippen LogP contribution in [0.25, 0.3) is 0 Å². The smallest absolute Gasteiger partial charge is 0.319 e. The van der Waals surface area contributed by atoms with Crippen LogP contribution in [0, 0.1) is 11.3 Å². The molecule has 0 radical (unpaired) electrons. The van der Waals surface area contributed by atoms with Gasteiger partial charge in [0.05, 0.1) is 7.11 Å². The molecule has 0 aromatic carbocycles. The molecular weight excluding hydrogens is 168 g/mol. The average molecular weight is 184 g/mol. The van der Waals surface area contributed by atoms with E-state index in [0.29, 0.717) is 18.8 Å². The van der Waals surface area contributed by atoms with Crippen molar-refractivity contribution in [3.8, 4) is 0 Å². The van der Waals surface area contributed by atoms with Gasteiger partial charge in [0.1, 0.15) is 11.2 Å². The molecule has 3 heteroatoms. The van der Waals surface area contributed by atoms with Crippen LogP contribution in [0.4, 0.5) is 0 Å². The molecule has 1 rings (SSSR count). The van der Waals surface area contributed by atoms with E-state index in [1.165, 1.54) is 7.11 Å². The fourth-order valence-corrected chi connectivity index (χ4v) is 1.96. The van der Waals surface area contributed by atoms with Crippen LogP contribution in [0.15, 0.2) is 0 Å². The fourth-order valence-electron chi connectivity index (χ4n) is 1.96. The van der Waals surface area contributed by atoms with E-state index in [2.05, 4.69) is 4.74 Å². The molecule has 0 N–H and O–H groups in total. The number of Topliss-reactive ketones (excluding diaryl/α,β-unsaturated/α-hetero) is 1. The summed E-state index contributed by atoms with van der Waals surface area (Å²) in [5.41, 5.74) is -0.866. The van der Waals surface area contributed by atoms with E-state index in [0.717, 1.165) is 6.42 Å². The summed E-state index contributed by atoms with van der Waals surface area (Å²) < 4.78 is 4.64. The Morgan fingerprint density at radius 3 is 2.69 bits per heavy atom. The lowest BCUT2D eigenvalue weighted by molar-refractivity contribution is -0.155. The van der Waals surface area contributed by atoms with Crippen molar-refractivity contribution in [3.05, 3.63) is 0 Å². The third-order valence-electron chi connectivity index (χ3n) is 3.00. The van der Waals surface area contributed by atoms with Crippen LogP contribution in [0.5, 0.6) is 0 Å². The second-order valence-corrected chi connectivity index (χ2v) is 3.93. The molecule has 1 fully saturated rings. The van der Waals surface area contributed by atoms with E-state index >= 15 is 0 Å². The third-order valence-corrected chi connectivity index (χ3v) is 3.00. The van der Waals surface area contributed by atoms with Gasteiger partial charge in [-0.05, 0) is 19.3 Å². The van der Waals surface area contributed by atoms with Crippen molar-refractivity contribution in [1.29, 1.82) is 0 Å². The van der Waals surface area contributed by atoms with Gasteiger partial charge in [-0.3, -0.25) is 9.59 Å². The van der Waals surface area contributed by atoms with E-state index in [1.807, 2.05) is 6.92 Å². The predicted octanol–water partition coefficient (Wildman–Crippen LogP) is 1.55. The van der Waals surface area contributed by atoms with Gasteiger partial charge in [-0.2, -0.15) is 0 Å². The van der Waals surface area contributed by atoms with Gasteiger partial charge in [-0.15, -0.1) is 0 Å². The van der Waals surface area contributed by atoms with Crippen LogP contribution in [-0.2, 0) is 14.3 Å². The molecule has 13 heavy (non-hydrogen) atoms. The van der Waals surface area contributed by atoms with Gasteiger partial charge < -0.3 is 4.74 Å². The van der Waals surface area contributed by atoms with Crippen LogP contribution in [0.3, 0.4) is 0 Å². The molecule has 0 aromatic rings. The van der Waals surface area contributed by atoms with Gasteiger partial charge in [-0.25, -0.2) is 0 Å². The van der Waals surface area contributed by atoms with Gasteiger partial charge >= 0.3 is 5.97 Å². The minimum Gasteiger partial charge on any atom is -0.468 e. The zero-order chi connectivity index (χ0) is 10.1. The van der Waals surface area contributed by atoms with Crippen molar-refractivity contribution < 1.29 is 14.3 Å². The lowest BCUT2D eigenvalue weighted by atomic mass is 9.86. The Morgan fingerprint density at radius 2 is 2.31 bits per heavy atom. The van der Waals surface area contributed by atoms with Crippen LogP contribution >= 0.6 is 0 Å². The highest BCUT2D eigenvalue weighted by Crippen LogP contribution is 2.40. The molecule has 0 saturated heterocycles. The third kappa shape index (κ3) is 1.60.